The SMILES string of the molecule is CC(=O)NNC(=O)c1c(NC(=O)c2cccc(C(F)(F)F)c2)sc2c1CCCCC2. The number of aryl methyl sites for hydroxylation is 1. The molecule has 0 radical (unpaired) electrons. The lowest BCUT2D eigenvalue weighted by Gasteiger charge is -2.11. The number of benzene rings is 1. The largest absolute Gasteiger partial charge is 0.416 e. The van der Waals surface area contributed by atoms with Crippen LogP contribution in [0.15, 0.2) is 24.3 Å². The highest BCUT2D eigenvalue weighted by atomic mass is 32.1. The van der Waals surface area contributed by atoms with Crippen molar-refractivity contribution in [3.8, 4) is 0 Å². The fourth-order valence-corrected chi connectivity index (χ4v) is 4.57. The summed E-state index contributed by atoms with van der Waals surface area (Å²) in [6.07, 6.45) is -0.333. The van der Waals surface area contributed by atoms with Gasteiger partial charge in [-0.15, -0.1) is 11.3 Å². The number of halogens is 3. The Balaban J connectivity index is 1.92. The first-order chi connectivity index (χ1) is 14.2. The summed E-state index contributed by atoms with van der Waals surface area (Å²) >= 11 is 1.24. The quantitative estimate of drug-likeness (QED) is 0.498. The molecule has 0 saturated carbocycles. The third-order valence-electron chi connectivity index (χ3n) is 4.68. The molecule has 2 aromatic rings. The molecule has 0 aliphatic heterocycles. The number of carbonyl (C=O) groups is 3. The van der Waals surface area contributed by atoms with Gasteiger partial charge in [-0.3, -0.25) is 25.2 Å². The van der Waals surface area contributed by atoms with Crippen LogP contribution in [-0.2, 0) is 23.8 Å². The zero-order valence-corrected chi connectivity index (χ0v) is 16.9. The second kappa shape index (κ2) is 8.86. The summed E-state index contributed by atoms with van der Waals surface area (Å²) in [5.41, 5.74) is 4.48. The van der Waals surface area contributed by atoms with Gasteiger partial charge in [-0.2, -0.15) is 13.2 Å². The van der Waals surface area contributed by atoms with E-state index in [9.17, 15) is 27.6 Å². The molecule has 3 amide bonds. The van der Waals surface area contributed by atoms with E-state index in [1.165, 1.54) is 24.3 Å². The summed E-state index contributed by atoms with van der Waals surface area (Å²) in [6.45, 7) is 1.24. The minimum atomic E-state index is -4.57. The maximum absolute atomic E-state index is 13.0. The Morgan fingerprint density at radius 1 is 1.00 bits per heavy atom. The first kappa shape index (κ1) is 21.8. The van der Waals surface area contributed by atoms with Crippen LogP contribution in [0.25, 0.3) is 0 Å². The molecule has 1 aromatic heterocycles. The molecule has 0 fully saturated rings. The Kier molecular flexibility index (Phi) is 6.45. The Bertz CT molecular complexity index is 985. The molecule has 1 heterocycles. The maximum atomic E-state index is 13.0. The number of carbonyl (C=O) groups excluding carboxylic acids is 3. The van der Waals surface area contributed by atoms with Gasteiger partial charge in [-0.1, -0.05) is 12.5 Å². The van der Waals surface area contributed by atoms with Crippen molar-refractivity contribution in [2.75, 3.05) is 5.32 Å². The minimum absolute atomic E-state index is 0.165. The van der Waals surface area contributed by atoms with E-state index in [0.717, 1.165) is 54.3 Å². The van der Waals surface area contributed by atoms with E-state index < -0.39 is 29.5 Å². The van der Waals surface area contributed by atoms with Crippen molar-refractivity contribution < 1.29 is 27.6 Å². The Morgan fingerprint density at radius 2 is 1.73 bits per heavy atom. The average Bonchev–Trinajstić information content (AvgIpc) is 2.86. The van der Waals surface area contributed by atoms with E-state index in [4.69, 9.17) is 0 Å². The highest BCUT2D eigenvalue weighted by Gasteiger charge is 2.31. The zero-order chi connectivity index (χ0) is 21.9. The lowest BCUT2D eigenvalue weighted by Crippen LogP contribution is -2.40. The fourth-order valence-electron chi connectivity index (χ4n) is 3.29. The van der Waals surface area contributed by atoms with Crippen molar-refractivity contribution in [1.82, 2.24) is 10.9 Å². The topological polar surface area (TPSA) is 87.3 Å². The molecule has 30 heavy (non-hydrogen) atoms. The number of hydrazine groups is 1. The minimum Gasteiger partial charge on any atom is -0.313 e. The normalized spacial score (nSPS) is 13.7. The lowest BCUT2D eigenvalue weighted by atomic mass is 10.0. The van der Waals surface area contributed by atoms with Gasteiger partial charge in [0.2, 0.25) is 5.91 Å². The van der Waals surface area contributed by atoms with Crippen LogP contribution in [0.1, 0.15) is 62.9 Å². The first-order valence-electron chi connectivity index (χ1n) is 9.37. The van der Waals surface area contributed by atoms with Crippen LogP contribution in [0.2, 0.25) is 0 Å². The maximum Gasteiger partial charge on any atom is 0.416 e. The van der Waals surface area contributed by atoms with Gasteiger partial charge in [0.05, 0.1) is 11.1 Å². The van der Waals surface area contributed by atoms with Gasteiger partial charge in [0, 0.05) is 17.4 Å². The fraction of sp³-hybridized carbons (Fsp3) is 0.350. The number of anilines is 1. The van der Waals surface area contributed by atoms with Crippen molar-refractivity contribution in [2.24, 2.45) is 0 Å². The summed E-state index contributed by atoms with van der Waals surface area (Å²) in [4.78, 5) is 37.4. The van der Waals surface area contributed by atoms with Crippen LogP contribution in [0, 0.1) is 0 Å². The van der Waals surface area contributed by atoms with Crippen LogP contribution < -0.4 is 16.2 Å². The van der Waals surface area contributed by atoms with Crippen molar-refractivity contribution in [2.45, 2.75) is 45.2 Å². The van der Waals surface area contributed by atoms with Crippen LogP contribution in [0.3, 0.4) is 0 Å². The number of thiophene rings is 1. The zero-order valence-electron chi connectivity index (χ0n) is 16.1. The molecule has 0 bridgehead atoms. The summed E-state index contributed by atoms with van der Waals surface area (Å²) in [5.74, 6) is -1.78. The molecule has 10 heteroatoms. The highest BCUT2D eigenvalue weighted by molar-refractivity contribution is 7.17. The van der Waals surface area contributed by atoms with Gasteiger partial charge < -0.3 is 5.32 Å². The third kappa shape index (κ3) is 4.99. The molecule has 1 aliphatic carbocycles. The van der Waals surface area contributed by atoms with E-state index in [1.807, 2.05) is 0 Å². The molecule has 3 rings (SSSR count). The average molecular weight is 439 g/mol. The second-order valence-electron chi connectivity index (χ2n) is 6.94. The highest BCUT2D eigenvalue weighted by Crippen LogP contribution is 2.38. The standard InChI is InChI=1S/C20H20F3N3O3S/c1-11(27)25-26-18(29)16-14-8-3-2-4-9-15(14)30-19(16)24-17(28)12-6-5-7-13(10-12)20(21,22)23/h5-7,10H,2-4,8-9H2,1H3,(H,24,28)(H,25,27)(H,26,29). The van der Waals surface area contributed by atoms with Gasteiger partial charge in [0.1, 0.15) is 5.00 Å². The third-order valence-corrected chi connectivity index (χ3v) is 5.89. The Hall–Kier alpha value is -2.88. The Labute approximate surface area is 174 Å². The predicted octanol–water partition coefficient (Wildman–Crippen LogP) is 4.07. The molecular weight excluding hydrogens is 419 g/mol. The van der Waals surface area contributed by atoms with Crippen molar-refractivity contribution in [3.63, 3.8) is 0 Å². The van der Waals surface area contributed by atoms with Gasteiger partial charge in [-0.25, -0.2) is 0 Å². The van der Waals surface area contributed by atoms with Crippen LogP contribution in [0.5, 0.6) is 0 Å². The van der Waals surface area contributed by atoms with Crippen LogP contribution in [-0.4, -0.2) is 17.7 Å². The van der Waals surface area contributed by atoms with E-state index in [1.54, 1.807) is 0 Å². The molecular formula is C20H20F3N3O3S. The van der Waals surface area contributed by atoms with Gasteiger partial charge in [0.25, 0.3) is 11.8 Å². The molecule has 0 atom stereocenters. The molecule has 0 saturated heterocycles. The Morgan fingerprint density at radius 3 is 2.43 bits per heavy atom. The van der Waals surface area contributed by atoms with Crippen molar-refractivity contribution in [3.05, 3.63) is 51.4 Å². The smallest absolute Gasteiger partial charge is 0.313 e. The van der Waals surface area contributed by atoms with Gasteiger partial charge in [0.15, 0.2) is 0 Å². The van der Waals surface area contributed by atoms with Gasteiger partial charge >= 0.3 is 6.18 Å². The molecule has 3 N–H and O–H groups in total. The van der Waals surface area contributed by atoms with E-state index in [-0.39, 0.29) is 16.1 Å². The lowest BCUT2D eigenvalue weighted by molar-refractivity contribution is -0.137. The number of fused-ring (bicyclic) bond motifs is 1. The second-order valence-corrected chi connectivity index (χ2v) is 8.04. The molecule has 6 nitrogen and oxygen atoms in total. The summed E-state index contributed by atoms with van der Waals surface area (Å²) in [6, 6.07) is 4.09. The molecule has 1 aromatic carbocycles. The predicted molar refractivity (Wildman–Crippen MR) is 106 cm³/mol. The van der Waals surface area contributed by atoms with Crippen LogP contribution in [0.4, 0.5) is 18.2 Å². The van der Waals surface area contributed by atoms with E-state index in [2.05, 4.69) is 16.2 Å². The summed E-state index contributed by atoms with van der Waals surface area (Å²) in [5, 5.41) is 2.85. The number of hydrogen-bond acceptors (Lipinski definition) is 4. The van der Waals surface area contributed by atoms with E-state index >= 15 is 0 Å². The molecule has 160 valence electrons. The molecule has 1 aliphatic rings. The summed E-state index contributed by atoms with van der Waals surface area (Å²) in [7, 11) is 0. The number of nitrogens with one attached hydrogen (secondary N) is 3. The number of alkyl halides is 3. The van der Waals surface area contributed by atoms with Crippen LogP contribution >= 0.6 is 11.3 Å². The van der Waals surface area contributed by atoms with Crippen molar-refractivity contribution >= 4 is 34.1 Å². The number of hydrogen-bond donors (Lipinski definition) is 3. The van der Waals surface area contributed by atoms with Crippen molar-refractivity contribution in [1.29, 1.82) is 0 Å². The summed E-state index contributed by atoms with van der Waals surface area (Å²) < 4.78 is 38.9. The van der Waals surface area contributed by atoms with Gasteiger partial charge in [-0.05, 0) is 49.4 Å². The molecule has 0 spiro atoms. The number of rotatable bonds is 3. The van der Waals surface area contributed by atoms with E-state index in [0.29, 0.717) is 6.42 Å². The monoisotopic (exact) mass is 439 g/mol. The molecule has 0 unspecified atom stereocenters. The number of amides is 3. The first-order valence-corrected chi connectivity index (χ1v) is 10.2.